The molecular weight excluding hydrogens is 1310 g/mol. The van der Waals surface area contributed by atoms with Gasteiger partial charge in [-0.05, 0) is 147 Å². The van der Waals surface area contributed by atoms with Gasteiger partial charge in [-0.25, -0.2) is 8.42 Å². The molecule has 0 spiro atoms. The molecule has 0 saturated carbocycles. The summed E-state index contributed by atoms with van der Waals surface area (Å²) >= 11 is -2.09. The molecule has 0 atom stereocenters. The molecule has 0 N–H and O–H groups in total. The van der Waals surface area contributed by atoms with Crippen molar-refractivity contribution >= 4 is 44.0 Å². The Balaban J connectivity index is 0.000000315. The van der Waals surface area contributed by atoms with Gasteiger partial charge in [0.25, 0.3) is 0 Å². The molecule has 522 valence electrons. The standard InChI is InChI=1S/2C34H47O2S.C4H2F8O6S2/c2*1-3-5-7-9-11-16-28-35-30-20-24-33(25-21-30)37(32-18-14-13-15-19-32)34-26-22-31(23-27-34)36-29-17-12-10-8-6-4-2;5-1(6,3(9,10)19-18-17-13)2(7,8)4(11,12)20(14,15)16/h2*13-15,18-27H,3-12,16-17,28-29H2,1-2H3;13H,(H,14,15,16)/q2*+1;/p-2. The molecule has 22 heteroatoms. The van der Waals surface area contributed by atoms with Crippen LogP contribution in [-0.2, 0) is 41.3 Å². The maximum absolute atomic E-state index is 12.7. The van der Waals surface area contributed by atoms with Crippen LogP contribution >= 0.6 is 12.0 Å². The summed E-state index contributed by atoms with van der Waals surface area (Å²) in [5.74, 6) is -10.5. The third-order valence-electron chi connectivity index (χ3n) is 14.9. The van der Waals surface area contributed by atoms with Crippen LogP contribution in [0.15, 0.2) is 187 Å². The molecular formula is C72H94F8O10S4. The van der Waals surface area contributed by atoms with Gasteiger partial charge in [-0.15, -0.1) is 0 Å². The van der Waals surface area contributed by atoms with E-state index in [-0.39, 0.29) is 21.8 Å². The third kappa shape index (κ3) is 27.7. The van der Waals surface area contributed by atoms with E-state index < -0.39 is 44.5 Å². The van der Waals surface area contributed by atoms with Crippen LogP contribution in [0.2, 0.25) is 0 Å². The topological polar surface area (TPSA) is 136 Å². The molecule has 0 unspecified atom stereocenters. The average molecular weight is 1400 g/mol. The van der Waals surface area contributed by atoms with Crippen LogP contribution in [0.25, 0.3) is 0 Å². The van der Waals surface area contributed by atoms with Crippen molar-refractivity contribution in [3.8, 4) is 23.0 Å². The van der Waals surface area contributed by atoms with Crippen LogP contribution < -0.4 is 24.2 Å². The Kier molecular flexibility index (Phi) is 38.5. The van der Waals surface area contributed by atoms with Crippen molar-refractivity contribution in [3.05, 3.63) is 158 Å². The lowest BCUT2D eigenvalue weighted by molar-refractivity contribution is -0.777. The van der Waals surface area contributed by atoms with Crippen LogP contribution in [0.4, 0.5) is 35.1 Å². The molecule has 0 aliphatic carbocycles. The van der Waals surface area contributed by atoms with E-state index in [0.717, 1.165) is 75.1 Å². The van der Waals surface area contributed by atoms with Gasteiger partial charge in [0.05, 0.1) is 48.2 Å². The van der Waals surface area contributed by atoms with E-state index in [1.54, 1.807) is 0 Å². The van der Waals surface area contributed by atoms with E-state index in [0.29, 0.717) is 0 Å². The average Bonchev–Trinajstić information content (AvgIpc) is 0.728. The van der Waals surface area contributed by atoms with Crippen molar-refractivity contribution in [2.24, 2.45) is 0 Å². The van der Waals surface area contributed by atoms with E-state index >= 15 is 0 Å². The first-order valence-corrected chi connectivity index (χ1v) is 37.4. The zero-order valence-corrected chi connectivity index (χ0v) is 57.8. The highest BCUT2D eigenvalue weighted by atomic mass is 32.2. The van der Waals surface area contributed by atoms with Gasteiger partial charge in [-0.2, -0.15) is 39.5 Å². The van der Waals surface area contributed by atoms with Crippen molar-refractivity contribution < 1.29 is 81.7 Å². The lowest BCUT2D eigenvalue weighted by atomic mass is 10.1. The quantitative estimate of drug-likeness (QED) is 0.00687. The maximum atomic E-state index is 12.7. The fourth-order valence-corrected chi connectivity index (χ4v) is 14.5. The van der Waals surface area contributed by atoms with Crippen molar-refractivity contribution in [2.75, 3.05) is 26.4 Å². The Bertz CT molecular complexity index is 2730. The number of rotatable bonds is 45. The lowest BCUT2D eigenvalue weighted by Gasteiger charge is -2.36. The molecule has 10 nitrogen and oxygen atoms in total. The van der Waals surface area contributed by atoms with Gasteiger partial charge < -0.3 is 28.8 Å². The Morgan fingerprint density at radius 1 is 0.351 bits per heavy atom. The van der Waals surface area contributed by atoms with Gasteiger partial charge in [0.1, 0.15) is 35.0 Å². The Morgan fingerprint density at radius 2 is 0.585 bits per heavy atom. The fraction of sp³-hybridized carbons (Fsp3) is 0.500. The number of halogens is 8. The smallest absolute Gasteiger partial charge is 0.402 e. The zero-order valence-electron chi connectivity index (χ0n) is 54.5. The molecule has 0 bridgehead atoms. The highest BCUT2D eigenvalue weighted by molar-refractivity contribution is 7.97. The van der Waals surface area contributed by atoms with Crippen molar-refractivity contribution in [2.45, 2.75) is 234 Å². The summed E-state index contributed by atoms with van der Waals surface area (Å²) in [7, 11) is -7.75. The predicted octanol–water partition coefficient (Wildman–Crippen LogP) is 21.4. The van der Waals surface area contributed by atoms with Crippen molar-refractivity contribution in [3.63, 3.8) is 0 Å². The molecule has 6 aromatic carbocycles. The maximum Gasteiger partial charge on any atom is 0.402 e. The highest BCUT2D eigenvalue weighted by Crippen LogP contribution is 2.57. The Labute approximate surface area is 563 Å². The normalized spacial score (nSPS) is 12.0. The van der Waals surface area contributed by atoms with E-state index in [1.165, 1.54) is 158 Å². The number of hydrogen-bond acceptors (Lipinski definition) is 11. The number of unbranched alkanes of at least 4 members (excludes halogenated alkanes) is 20. The summed E-state index contributed by atoms with van der Waals surface area (Å²) in [6.45, 7) is 12.3. The number of benzene rings is 6. The first-order chi connectivity index (χ1) is 45.2. The summed E-state index contributed by atoms with van der Waals surface area (Å²) in [5.41, 5.74) is 0. The summed E-state index contributed by atoms with van der Waals surface area (Å²) in [4.78, 5) is 7.86. The summed E-state index contributed by atoms with van der Waals surface area (Å²) in [6, 6.07) is 56.5. The van der Waals surface area contributed by atoms with Gasteiger partial charge in [0, 0.05) is 0 Å². The van der Waals surface area contributed by atoms with Crippen LogP contribution in [0, 0.1) is 0 Å². The van der Waals surface area contributed by atoms with E-state index in [1.807, 2.05) is 0 Å². The molecule has 0 radical (unpaired) electrons. The summed E-state index contributed by atoms with van der Waals surface area (Å²) < 4.78 is 157. The van der Waals surface area contributed by atoms with Gasteiger partial charge in [0.15, 0.2) is 39.5 Å². The third-order valence-corrected chi connectivity index (χ3v) is 20.8. The van der Waals surface area contributed by atoms with Gasteiger partial charge in [-0.3, -0.25) is 5.04 Å². The number of ether oxygens (including phenoxy) is 4. The van der Waals surface area contributed by atoms with Gasteiger partial charge in [-0.1, -0.05) is 193 Å². The molecule has 0 heterocycles. The monoisotopic (exact) mass is 1400 g/mol. The van der Waals surface area contributed by atoms with Crippen LogP contribution in [0.5, 0.6) is 23.0 Å². The molecule has 0 aliphatic rings. The first-order valence-electron chi connectivity index (χ1n) is 32.8. The van der Waals surface area contributed by atoms with Crippen LogP contribution in [0.1, 0.15) is 182 Å². The minimum Gasteiger partial charge on any atom is -0.743 e. The molecule has 0 saturated heterocycles. The van der Waals surface area contributed by atoms with E-state index in [4.69, 9.17) is 24.2 Å². The van der Waals surface area contributed by atoms with Gasteiger partial charge in [0.2, 0.25) is 0 Å². The Hall–Kier alpha value is -5.20. The molecule has 94 heavy (non-hydrogen) atoms. The highest BCUT2D eigenvalue weighted by Gasteiger charge is 2.83. The van der Waals surface area contributed by atoms with E-state index in [9.17, 15) is 48.1 Å². The van der Waals surface area contributed by atoms with Crippen LogP contribution in [-0.4, -0.2) is 61.8 Å². The summed E-state index contributed by atoms with van der Waals surface area (Å²) in [6.07, 6.45) is 30.8. The molecule has 0 aliphatic heterocycles. The number of alkyl halides is 8. The molecule has 0 fully saturated rings. The molecule has 0 aromatic heterocycles. The first kappa shape index (κ1) is 81.2. The lowest BCUT2D eigenvalue weighted by Crippen LogP contribution is -2.63. The van der Waals surface area contributed by atoms with Crippen LogP contribution in [0.3, 0.4) is 0 Å². The molecule has 0 amide bonds. The van der Waals surface area contributed by atoms with Gasteiger partial charge >= 0.3 is 22.4 Å². The second-order valence-corrected chi connectivity index (χ2v) is 28.7. The summed E-state index contributed by atoms with van der Waals surface area (Å²) in [5, 5.41) is -2.07. The SMILES string of the molecule is CCCCCCCCOc1ccc([S+](c2ccccc2)c2ccc(OCCCCCCCC)cc2)cc1.CCCCCCCCOc1ccc([S+](c2ccccc2)c2ccc(OCCCCCCCC)cc2)cc1.O=S(=O)([O-])C(F)(F)C(F)(F)C(F)(F)C(F)(F)SOO[O-]. The molecule has 6 rings (SSSR count). The second-order valence-electron chi connectivity index (χ2n) is 22.4. The molecule has 6 aromatic rings. The minimum absolute atomic E-state index is 0.167. The Morgan fingerprint density at radius 3 is 0.819 bits per heavy atom. The number of hydrogen-bond donors (Lipinski definition) is 0. The van der Waals surface area contributed by atoms with E-state index in [2.05, 4.69) is 195 Å². The fourth-order valence-electron chi connectivity index (χ4n) is 9.54. The zero-order chi connectivity index (χ0) is 68.6. The second kappa shape index (κ2) is 44.6. The largest absolute Gasteiger partial charge is 0.743 e. The van der Waals surface area contributed by atoms with Crippen molar-refractivity contribution in [1.82, 2.24) is 0 Å². The predicted molar refractivity (Wildman–Crippen MR) is 358 cm³/mol. The minimum atomic E-state index is -7.41. The van der Waals surface area contributed by atoms with Crippen molar-refractivity contribution in [1.29, 1.82) is 0 Å².